The van der Waals surface area contributed by atoms with Crippen molar-refractivity contribution in [1.82, 2.24) is 15.2 Å². The number of thiazole rings is 1. The zero-order chi connectivity index (χ0) is 22.5. The van der Waals surface area contributed by atoms with Crippen LogP contribution in [-0.4, -0.2) is 27.7 Å². The van der Waals surface area contributed by atoms with Gasteiger partial charge in [0.05, 0.1) is 23.6 Å². The molecule has 0 aliphatic rings. The van der Waals surface area contributed by atoms with Crippen LogP contribution in [0, 0.1) is 0 Å². The molecule has 4 rings (SSSR count). The van der Waals surface area contributed by atoms with Crippen molar-refractivity contribution in [3.05, 3.63) is 64.6 Å². The monoisotopic (exact) mass is 486 g/mol. The third-order valence-electron chi connectivity index (χ3n) is 4.28. The molecule has 2 aromatic heterocycles. The Hall–Kier alpha value is -2.88. The number of nitrogens with zero attached hydrogens (tertiary/aromatic N) is 4. The molecule has 0 radical (unpaired) electrons. The minimum absolute atomic E-state index is 0.143. The van der Waals surface area contributed by atoms with Gasteiger partial charge in [0.15, 0.2) is 5.13 Å². The molecular weight excluding hydrogens is 468 g/mol. The molecule has 0 aliphatic carbocycles. The molecule has 0 bridgehead atoms. The number of hydrogen-bond acceptors (Lipinski definition) is 8. The minimum Gasteiger partial charge on any atom is -0.493 e. The Kier molecular flexibility index (Phi) is 7.09. The Morgan fingerprint density at radius 2 is 2.06 bits per heavy atom. The average molecular weight is 487 g/mol. The van der Waals surface area contributed by atoms with Crippen molar-refractivity contribution in [3.8, 4) is 17.2 Å². The van der Waals surface area contributed by atoms with Crippen LogP contribution in [0.5, 0.6) is 5.75 Å². The van der Waals surface area contributed by atoms with Crippen LogP contribution in [-0.2, 0) is 10.5 Å². The molecule has 0 spiro atoms. The van der Waals surface area contributed by atoms with Gasteiger partial charge < -0.3 is 9.15 Å². The van der Waals surface area contributed by atoms with E-state index in [1.165, 1.54) is 30.0 Å². The summed E-state index contributed by atoms with van der Waals surface area (Å²) in [4.78, 5) is 18.4. The van der Waals surface area contributed by atoms with E-state index >= 15 is 0 Å². The van der Waals surface area contributed by atoms with Gasteiger partial charge in [-0.15, -0.1) is 21.5 Å². The predicted octanol–water partition coefficient (Wildman–Crippen LogP) is 6.22. The quantitative estimate of drug-likeness (QED) is 0.273. The molecule has 0 fully saturated rings. The smallest absolute Gasteiger partial charge is 0.277 e. The van der Waals surface area contributed by atoms with E-state index in [1.807, 2.05) is 42.6 Å². The molecule has 0 unspecified atom stereocenters. The van der Waals surface area contributed by atoms with Gasteiger partial charge in [0, 0.05) is 23.1 Å². The van der Waals surface area contributed by atoms with Crippen molar-refractivity contribution in [2.75, 3.05) is 11.5 Å². The van der Waals surface area contributed by atoms with Gasteiger partial charge in [-0.05, 0) is 37.3 Å². The van der Waals surface area contributed by atoms with Gasteiger partial charge in [0.1, 0.15) is 5.75 Å². The number of carbonyl (C=O) groups excluding carboxylic acids is 1. The van der Waals surface area contributed by atoms with Gasteiger partial charge in [0.2, 0.25) is 5.91 Å². The number of halogens is 1. The van der Waals surface area contributed by atoms with E-state index < -0.39 is 0 Å². The fraction of sp³-hybridized carbons (Fsp3) is 0.182. The SMILES string of the molecule is CCOc1ccccc1-c1nnc(SCc2csc(N(C(C)=O)c3cccc(Cl)c3)n2)o1. The molecule has 0 atom stereocenters. The maximum Gasteiger partial charge on any atom is 0.277 e. The summed E-state index contributed by atoms with van der Waals surface area (Å²) < 4.78 is 11.4. The number of hydrogen-bond donors (Lipinski definition) is 0. The Balaban J connectivity index is 1.47. The number of carbonyl (C=O) groups is 1. The Bertz CT molecular complexity index is 1230. The summed E-state index contributed by atoms with van der Waals surface area (Å²) in [7, 11) is 0. The molecule has 0 saturated heterocycles. The number of rotatable bonds is 8. The Morgan fingerprint density at radius 3 is 2.84 bits per heavy atom. The highest BCUT2D eigenvalue weighted by Gasteiger charge is 2.19. The van der Waals surface area contributed by atoms with E-state index in [9.17, 15) is 4.79 Å². The molecule has 0 aliphatic heterocycles. The largest absolute Gasteiger partial charge is 0.493 e. The maximum absolute atomic E-state index is 12.3. The zero-order valence-corrected chi connectivity index (χ0v) is 19.7. The van der Waals surface area contributed by atoms with Gasteiger partial charge >= 0.3 is 0 Å². The van der Waals surface area contributed by atoms with Gasteiger partial charge in [-0.25, -0.2) is 4.98 Å². The standard InChI is InChI=1S/C22H19ClN4O3S2/c1-3-29-19-10-5-4-9-18(19)20-25-26-22(30-20)32-13-16-12-31-21(24-16)27(14(2)28)17-8-6-7-15(23)11-17/h4-12H,3,13H2,1-2H3. The highest BCUT2D eigenvalue weighted by molar-refractivity contribution is 7.98. The van der Waals surface area contributed by atoms with Crippen molar-refractivity contribution in [2.45, 2.75) is 24.8 Å². The van der Waals surface area contributed by atoms with Crippen molar-refractivity contribution >= 4 is 51.4 Å². The summed E-state index contributed by atoms with van der Waals surface area (Å²) >= 11 is 8.85. The predicted molar refractivity (Wildman–Crippen MR) is 127 cm³/mol. The van der Waals surface area contributed by atoms with Crippen LogP contribution in [0.4, 0.5) is 10.8 Å². The number of thioether (sulfide) groups is 1. The molecule has 4 aromatic rings. The lowest BCUT2D eigenvalue weighted by atomic mass is 10.2. The Labute approximate surface area is 198 Å². The summed E-state index contributed by atoms with van der Waals surface area (Å²) in [5.41, 5.74) is 2.23. The maximum atomic E-state index is 12.3. The molecule has 164 valence electrons. The normalized spacial score (nSPS) is 10.8. The van der Waals surface area contributed by atoms with E-state index in [2.05, 4.69) is 15.2 Å². The van der Waals surface area contributed by atoms with Crippen LogP contribution in [0.15, 0.2) is 63.6 Å². The van der Waals surface area contributed by atoms with Crippen LogP contribution in [0.3, 0.4) is 0 Å². The summed E-state index contributed by atoms with van der Waals surface area (Å²) in [6.07, 6.45) is 0. The second kappa shape index (κ2) is 10.2. The second-order valence-electron chi connectivity index (χ2n) is 6.55. The van der Waals surface area contributed by atoms with Gasteiger partial charge in [-0.2, -0.15) is 0 Å². The van der Waals surface area contributed by atoms with Crippen LogP contribution >= 0.6 is 34.7 Å². The third-order valence-corrected chi connectivity index (χ3v) is 6.24. The first-order valence-electron chi connectivity index (χ1n) is 9.74. The Morgan fingerprint density at radius 1 is 1.22 bits per heavy atom. The van der Waals surface area contributed by atoms with Crippen molar-refractivity contribution < 1.29 is 13.9 Å². The fourth-order valence-electron chi connectivity index (χ4n) is 2.94. The van der Waals surface area contributed by atoms with Crippen molar-refractivity contribution in [3.63, 3.8) is 0 Å². The van der Waals surface area contributed by atoms with Gasteiger partial charge in [-0.1, -0.05) is 41.6 Å². The molecule has 1 amide bonds. The molecule has 7 nitrogen and oxygen atoms in total. The number of aromatic nitrogens is 3. The number of anilines is 2. The lowest BCUT2D eigenvalue weighted by Crippen LogP contribution is -2.22. The molecule has 0 N–H and O–H groups in total. The highest BCUT2D eigenvalue weighted by atomic mass is 35.5. The van der Waals surface area contributed by atoms with Crippen LogP contribution < -0.4 is 9.64 Å². The average Bonchev–Trinajstić information content (AvgIpc) is 3.43. The molecular formula is C22H19ClN4O3S2. The first kappa shape index (κ1) is 22.3. The van der Waals surface area contributed by atoms with E-state index in [-0.39, 0.29) is 5.91 Å². The van der Waals surface area contributed by atoms with E-state index in [1.54, 1.807) is 23.1 Å². The number of para-hydroxylation sites is 1. The lowest BCUT2D eigenvalue weighted by molar-refractivity contribution is -0.115. The highest BCUT2D eigenvalue weighted by Crippen LogP contribution is 2.34. The molecule has 2 heterocycles. The van der Waals surface area contributed by atoms with Crippen LogP contribution in [0.2, 0.25) is 5.02 Å². The number of benzene rings is 2. The van der Waals surface area contributed by atoms with Crippen molar-refractivity contribution in [2.24, 2.45) is 0 Å². The molecule has 10 heteroatoms. The summed E-state index contributed by atoms with van der Waals surface area (Å²) in [5.74, 6) is 1.48. The second-order valence-corrected chi connectivity index (χ2v) is 8.75. The lowest BCUT2D eigenvalue weighted by Gasteiger charge is -2.18. The topological polar surface area (TPSA) is 81.4 Å². The molecule has 32 heavy (non-hydrogen) atoms. The minimum atomic E-state index is -0.143. The summed E-state index contributed by atoms with van der Waals surface area (Å²) in [5, 5.41) is 11.7. The van der Waals surface area contributed by atoms with Crippen molar-refractivity contribution in [1.29, 1.82) is 0 Å². The van der Waals surface area contributed by atoms with Gasteiger partial charge in [0.25, 0.3) is 11.1 Å². The third kappa shape index (κ3) is 5.12. The fourth-order valence-corrected chi connectivity index (χ4v) is 4.78. The number of amides is 1. The number of ether oxygens (including phenoxy) is 1. The van der Waals surface area contributed by atoms with Gasteiger partial charge in [-0.3, -0.25) is 9.69 Å². The van der Waals surface area contributed by atoms with E-state index in [0.29, 0.717) is 45.1 Å². The molecule has 0 saturated carbocycles. The van der Waals surface area contributed by atoms with Crippen LogP contribution in [0.25, 0.3) is 11.5 Å². The van der Waals surface area contributed by atoms with E-state index in [0.717, 1.165) is 11.3 Å². The molecule has 2 aromatic carbocycles. The summed E-state index contributed by atoms with van der Waals surface area (Å²) in [6, 6.07) is 14.7. The first-order chi connectivity index (χ1) is 15.5. The van der Waals surface area contributed by atoms with E-state index in [4.69, 9.17) is 20.8 Å². The zero-order valence-electron chi connectivity index (χ0n) is 17.3. The first-order valence-corrected chi connectivity index (χ1v) is 12.0. The summed E-state index contributed by atoms with van der Waals surface area (Å²) in [6.45, 7) is 3.97. The van der Waals surface area contributed by atoms with Crippen LogP contribution in [0.1, 0.15) is 19.5 Å².